The van der Waals surface area contributed by atoms with E-state index < -0.39 is 0 Å². The van der Waals surface area contributed by atoms with Crippen molar-refractivity contribution in [3.63, 3.8) is 0 Å². The van der Waals surface area contributed by atoms with E-state index in [1.807, 2.05) is 43.8 Å². The average Bonchev–Trinajstić information content (AvgIpc) is 2.87. The minimum absolute atomic E-state index is 0.00612. The van der Waals surface area contributed by atoms with E-state index >= 15 is 0 Å². The molecule has 0 fully saturated rings. The number of nitrogens with zero attached hydrogens (tertiary/aromatic N) is 3. The number of fused-ring (bicyclic) bond motifs is 1. The van der Waals surface area contributed by atoms with Gasteiger partial charge in [0.05, 0.1) is 24.3 Å². The highest BCUT2D eigenvalue weighted by Crippen LogP contribution is 2.27. The lowest BCUT2D eigenvalue weighted by atomic mass is 10.0. The predicted molar refractivity (Wildman–Crippen MR) is 143 cm³/mol. The zero-order valence-corrected chi connectivity index (χ0v) is 22.6. The lowest BCUT2D eigenvalue weighted by molar-refractivity contribution is -0.136. The molecule has 2 aromatic rings. The number of methoxy groups -OCH3 is 1. The molecule has 200 valence electrons. The molecule has 0 saturated carbocycles. The van der Waals surface area contributed by atoms with E-state index in [2.05, 4.69) is 5.32 Å². The van der Waals surface area contributed by atoms with Gasteiger partial charge < -0.3 is 29.5 Å². The van der Waals surface area contributed by atoms with Crippen molar-refractivity contribution < 1.29 is 23.9 Å². The molecule has 1 heterocycles. The second-order valence-electron chi connectivity index (χ2n) is 9.91. The van der Waals surface area contributed by atoms with Crippen molar-refractivity contribution >= 4 is 23.4 Å². The van der Waals surface area contributed by atoms with Crippen molar-refractivity contribution in [1.82, 2.24) is 14.7 Å². The van der Waals surface area contributed by atoms with E-state index in [0.29, 0.717) is 35.7 Å². The van der Waals surface area contributed by atoms with Crippen LogP contribution in [0.5, 0.6) is 5.75 Å². The lowest BCUT2D eigenvalue weighted by Gasteiger charge is -2.36. The summed E-state index contributed by atoms with van der Waals surface area (Å²) in [5.74, 6) is -0.143. The number of anilines is 1. The minimum atomic E-state index is -0.261. The van der Waals surface area contributed by atoms with Gasteiger partial charge in [-0.05, 0) is 45.3 Å². The van der Waals surface area contributed by atoms with E-state index in [1.54, 1.807) is 61.5 Å². The van der Waals surface area contributed by atoms with Crippen molar-refractivity contribution in [3.05, 3.63) is 59.7 Å². The van der Waals surface area contributed by atoms with Crippen molar-refractivity contribution in [2.45, 2.75) is 26.0 Å². The largest absolute Gasteiger partial charge is 0.491 e. The fraction of sp³-hybridized carbons (Fsp3) is 0.464. The Morgan fingerprint density at radius 2 is 1.81 bits per heavy atom. The number of hydrogen-bond acceptors (Lipinski definition) is 6. The molecule has 0 spiro atoms. The standard InChI is InChI=1S/C28H38N4O5/c1-19-15-32(26(33)17-30(3)4)20(2)18-37-24-14-22(29-27(34)21-10-8-7-9-11-21)12-13-23(24)28(35)31(5)16-25(19)36-6/h7-14,19-20,25H,15-18H2,1-6H3,(H,29,34)/t19-,20-,25+/m0/s1. The quantitative estimate of drug-likeness (QED) is 0.665. The molecule has 1 aliphatic rings. The molecule has 9 heteroatoms. The van der Waals surface area contributed by atoms with E-state index in [1.165, 1.54) is 0 Å². The highest BCUT2D eigenvalue weighted by atomic mass is 16.5. The number of carbonyl (C=O) groups excluding carboxylic acids is 3. The first-order valence-electron chi connectivity index (χ1n) is 12.5. The monoisotopic (exact) mass is 510 g/mol. The van der Waals surface area contributed by atoms with Gasteiger partial charge in [0.15, 0.2) is 0 Å². The van der Waals surface area contributed by atoms with Gasteiger partial charge in [-0.3, -0.25) is 14.4 Å². The van der Waals surface area contributed by atoms with E-state index in [9.17, 15) is 14.4 Å². The summed E-state index contributed by atoms with van der Waals surface area (Å²) in [6.07, 6.45) is -0.260. The van der Waals surface area contributed by atoms with Crippen LogP contribution in [0.1, 0.15) is 34.6 Å². The zero-order valence-electron chi connectivity index (χ0n) is 22.6. The molecule has 2 aromatic carbocycles. The van der Waals surface area contributed by atoms with Crippen LogP contribution in [0, 0.1) is 5.92 Å². The number of benzene rings is 2. The zero-order chi connectivity index (χ0) is 27.1. The Kier molecular flexibility index (Phi) is 9.66. The summed E-state index contributed by atoms with van der Waals surface area (Å²) in [5, 5.41) is 2.87. The van der Waals surface area contributed by atoms with Crippen LogP contribution in [-0.4, -0.2) is 99.1 Å². The Bertz CT molecular complexity index is 1090. The molecule has 0 unspecified atom stereocenters. The van der Waals surface area contributed by atoms with Gasteiger partial charge in [0.1, 0.15) is 12.4 Å². The number of hydrogen-bond donors (Lipinski definition) is 1. The Morgan fingerprint density at radius 3 is 2.46 bits per heavy atom. The van der Waals surface area contributed by atoms with Crippen LogP contribution in [0.15, 0.2) is 48.5 Å². The van der Waals surface area contributed by atoms with Crippen LogP contribution in [0.25, 0.3) is 0 Å². The van der Waals surface area contributed by atoms with Gasteiger partial charge in [-0.2, -0.15) is 0 Å². The summed E-state index contributed by atoms with van der Waals surface area (Å²) in [6.45, 7) is 5.24. The summed E-state index contributed by atoms with van der Waals surface area (Å²) >= 11 is 0. The highest BCUT2D eigenvalue weighted by molar-refractivity contribution is 6.05. The molecule has 0 saturated heterocycles. The fourth-order valence-electron chi connectivity index (χ4n) is 4.35. The Labute approximate surface area is 219 Å². The summed E-state index contributed by atoms with van der Waals surface area (Å²) in [5.41, 5.74) is 1.41. The first-order chi connectivity index (χ1) is 17.6. The SMILES string of the molecule is CO[C@@H]1CN(C)C(=O)c2ccc(NC(=O)c3ccccc3)cc2OC[C@H](C)N(C(=O)CN(C)C)C[C@@H]1C. The Hall–Kier alpha value is -3.43. The molecule has 37 heavy (non-hydrogen) atoms. The van der Waals surface area contributed by atoms with Crippen LogP contribution in [0.3, 0.4) is 0 Å². The molecule has 1 aliphatic heterocycles. The lowest BCUT2D eigenvalue weighted by Crippen LogP contribution is -2.50. The number of amides is 3. The molecular formula is C28H38N4O5. The molecule has 0 radical (unpaired) electrons. The third kappa shape index (κ3) is 7.30. The van der Waals surface area contributed by atoms with Gasteiger partial charge in [0.25, 0.3) is 11.8 Å². The molecule has 3 rings (SSSR count). The molecule has 0 bridgehead atoms. The maximum Gasteiger partial charge on any atom is 0.257 e. The normalized spacial score (nSPS) is 20.9. The first kappa shape index (κ1) is 28.1. The van der Waals surface area contributed by atoms with Crippen LogP contribution >= 0.6 is 0 Å². The number of ether oxygens (including phenoxy) is 2. The highest BCUT2D eigenvalue weighted by Gasteiger charge is 2.30. The Balaban J connectivity index is 1.94. The second kappa shape index (κ2) is 12.7. The molecule has 3 atom stereocenters. The minimum Gasteiger partial charge on any atom is -0.491 e. The summed E-state index contributed by atoms with van der Waals surface area (Å²) in [6, 6.07) is 13.6. The van der Waals surface area contributed by atoms with Gasteiger partial charge in [0.2, 0.25) is 5.91 Å². The van der Waals surface area contributed by atoms with Crippen LogP contribution in [0.4, 0.5) is 5.69 Å². The molecule has 1 N–H and O–H groups in total. The van der Waals surface area contributed by atoms with E-state index in [0.717, 1.165) is 0 Å². The average molecular weight is 511 g/mol. The predicted octanol–water partition coefficient (Wildman–Crippen LogP) is 2.83. The summed E-state index contributed by atoms with van der Waals surface area (Å²) in [7, 11) is 7.07. The number of carbonyl (C=O) groups is 3. The van der Waals surface area contributed by atoms with Crippen LogP contribution < -0.4 is 10.1 Å². The maximum atomic E-state index is 13.4. The van der Waals surface area contributed by atoms with Crippen LogP contribution in [0.2, 0.25) is 0 Å². The summed E-state index contributed by atoms with van der Waals surface area (Å²) < 4.78 is 11.9. The van der Waals surface area contributed by atoms with Crippen molar-refractivity contribution in [3.8, 4) is 5.75 Å². The maximum absolute atomic E-state index is 13.4. The van der Waals surface area contributed by atoms with Crippen molar-refractivity contribution in [1.29, 1.82) is 0 Å². The van der Waals surface area contributed by atoms with Crippen LogP contribution in [-0.2, 0) is 9.53 Å². The summed E-state index contributed by atoms with van der Waals surface area (Å²) in [4.78, 5) is 44.4. The smallest absolute Gasteiger partial charge is 0.257 e. The molecule has 0 aliphatic carbocycles. The molecule has 0 aromatic heterocycles. The fourth-order valence-corrected chi connectivity index (χ4v) is 4.35. The van der Waals surface area contributed by atoms with Crippen molar-refractivity contribution in [2.75, 3.05) is 59.8 Å². The molecular weight excluding hydrogens is 472 g/mol. The topological polar surface area (TPSA) is 91.4 Å². The third-order valence-corrected chi connectivity index (χ3v) is 6.51. The van der Waals surface area contributed by atoms with Gasteiger partial charge in [-0.25, -0.2) is 0 Å². The third-order valence-electron chi connectivity index (χ3n) is 6.51. The van der Waals surface area contributed by atoms with E-state index in [-0.39, 0.29) is 48.9 Å². The van der Waals surface area contributed by atoms with Crippen molar-refractivity contribution in [2.24, 2.45) is 5.92 Å². The number of nitrogens with one attached hydrogen (secondary N) is 1. The molecule has 9 nitrogen and oxygen atoms in total. The van der Waals surface area contributed by atoms with Gasteiger partial charge in [0, 0.05) is 50.5 Å². The first-order valence-corrected chi connectivity index (χ1v) is 12.5. The van der Waals surface area contributed by atoms with Gasteiger partial charge in [-0.15, -0.1) is 0 Å². The van der Waals surface area contributed by atoms with Gasteiger partial charge in [-0.1, -0.05) is 25.1 Å². The molecule has 3 amide bonds. The number of rotatable bonds is 5. The van der Waals surface area contributed by atoms with Gasteiger partial charge >= 0.3 is 0 Å². The number of likely N-dealkylation sites (N-methyl/N-ethyl adjacent to an activating group) is 2. The van der Waals surface area contributed by atoms with E-state index in [4.69, 9.17) is 9.47 Å². The second-order valence-corrected chi connectivity index (χ2v) is 9.91. The Morgan fingerprint density at radius 1 is 1.11 bits per heavy atom.